The van der Waals surface area contributed by atoms with Crippen LogP contribution in [0.5, 0.6) is 11.5 Å². The van der Waals surface area contributed by atoms with E-state index in [1.54, 1.807) is 14.2 Å². The van der Waals surface area contributed by atoms with Gasteiger partial charge in [0.2, 0.25) is 0 Å². The monoisotopic (exact) mass is 269 g/mol. The third kappa shape index (κ3) is 3.93. The van der Waals surface area contributed by atoms with Crippen molar-refractivity contribution in [2.24, 2.45) is 0 Å². The highest BCUT2D eigenvalue weighted by atomic mass is 35.5. The van der Waals surface area contributed by atoms with Crippen molar-refractivity contribution in [2.75, 3.05) is 20.8 Å². The third-order valence-electron chi connectivity index (χ3n) is 2.46. The highest BCUT2D eigenvalue weighted by molar-refractivity contribution is 6.33. The molecule has 1 aromatic rings. The molecule has 1 rings (SSSR count). The predicted octanol–water partition coefficient (Wildman–Crippen LogP) is 3.37. The first-order chi connectivity index (χ1) is 8.60. The molecule has 0 atom stereocenters. The Morgan fingerprint density at radius 3 is 2.56 bits per heavy atom. The highest BCUT2D eigenvalue weighted by Crippen LogP contribution is 2.37. The highest BCUT2D eigenvalue weighted by Gasteiger charge is 2.10. The van der Waals surface area contributed by atoms with Gasteiger partial charge < -0.3 is 14.8 Å². The minimum Gasteiger partial charge on any atom is -0.493 e. The summed E-state index contributed by atoms with van der Waals surface area (Å²) in [5.74, 6) is 1.21. The maximum atomic E-state index is 6.26. The van der Waals surface area contributed by atoms with Crippen molar-refractivity contribution in [3.05, 3.63) is 28.8 Å². The SMILES string of the molecule is COc1ccc(C=CCNC(C)C)c(Cl)c1OC. The summed E-state index contributed by atoms with van der Waals surface area (Å²) in [7, 11) is 3.17. The molecule has 0 amide bonds. The summed E-state index contributed by atoms with van der Waals surface area (Å²) in [6, 6.07) is 4.23. The van der Waals surface area contributed by atoms with Crippen LogP contribution in [0.2, 0.25) is 5.02 Å². The van der Waals surface area contributed by atoms with Gasteiger partial charge in [0.15, 0.2) is 11.5 Å². The number of ether oxygens (including phenoxy) is 2. The normalized spacial score (nSPS) is 11.2. The van der Waals surface area contributed by atoms with Crippen LogP contribution in [0, 0.1) is 0 Å². The summed E-state index contributed by atoms with van der Waals surface area (Å²) in [5, 5.41) is 3.87. The van der Waals surface area contributed by atoms with Crippen molar-refractivity contribution >= 4 is 17.7 Å². The lowest BCUT2D eigenvalue weighted by atomic mass is 10.2. The molecule has 0 unspecified atom stereocenters. The average molecular weight is 270 g/mol. The predicted molar refractivity (Wildman–Crippen MR) is 76.7 cm³/mol. The fourth-order valence-electron chi connectivity index (χ4n) is 1.52. The molecular weight excluding hydrogens is 250 g/mol. The smallest absolute Gasteiger partial charge is 0.179 e. The first kappa shape index (κ1) is 14.9. The van der Waals surface area contributed by atoms with Crippen LogP contribution in [0.4, 0.5) is 0 Å². The largest absolute Gasteiger partial charge is 0.493 e. The Hall–Kier alpha value is -1.19. The summed E-state index contributed by atoms with van der Waals surface area (Å²) in [5.41, 5.74) is 0.917. The van der Waals surface area contributed by atoms with E-state index in [0.29, 0.717) is 22.6 Å². The number of benzene rings is 1. The summed E-state index contributed by atoms with van der Waals surface area (Å²) in [6.07, 6.45) is 4.01. The summed E-state index contributed by atoms with van der Waals surface area (Å²) >= 11 is 6.26. The van der Waals surface area contributed by atoms with Crippen LogP contribution >= 0.6 is 11.6 Å². The molecule has 4 heteroatoms. The lowest BCUT2D eigenvalue weighted by molar-refractivity contribution is 0.355. The summed E-state index contributed by atoms with van der Waals surface area (Å²) < 4.78 is 10.4. The van der Waals surface area contributed by atoms with Gasteiger partial charge in [-0.25, -0.2) is 0 Å². The second-order valence-electron chi connectivity index (χ2n) is 4.17. The van der Waals surface area contributed by atoms with Gasteiger partial charge in [0.25, 0.3) is 0 Å². The zero-order chi connectivity index (χ0) is 13.5. The van der Waals surface area contributed by atoms with Gasteiger partial charge in [0.1, 0.15) is 0 Å². The fourth-order valence-corrected chi connectivity index (χ4v) is 1.82. The minimum atomic E-state index is 0.468. The van der Waals surface area contributed by atoms with E-state index in [9.17, 15) is 0 Å². The maximum Gasteiger partial charge on any atom is 0.179 e. The van der Waals surface area contributed by atoms with E-state index in [1.165, 1.54) is 0 Å². The number of rotatable bonds is 6. The van der Waals surface area contributed by atoms with Gasteiger partial charge in [-0.3, -0.25) is 0 Å². The van der Waals surface area contributed by atoms with Crippen molar-refractivity contribution in [2.45, 2.75) is 19.9 Å². The lowest BCUT2D eigenvalue weighted by Crippen LogP contribution is -2.22. The van der Waals surface area contributed by atoms with Crippen LogP contribution in [0.25, 0.3) is 6.08 Å². The van der Waals surface area contributed by atoms with E-state index in [-0.39, 0.29) is 0 Å². The molecule has 3 nitrogen and oxygen atoms in total. The molecule has 100 valence electrons. The third-order valence-corrected chi connectivity index (χ3v) is 2.85. The lowest BCUT2D eigenvalue weighted by Gasteiger charge is -2.11. The van der Waals surface area contributed by atoms with Crippen LogP contribution in [0.15, 0.2) is 18.2 Å². The molecular formula is C14H20ClNO2. The number of hydrogen-bond acceptors (Lipinski definition) is 3. The Kier molecular flexibility index (Phi) is 6.02. The van der Waals surface area contributed by atoms with Gasteiger partial charge in [-0.2, -0.15) is 0 Å². The number of nitrogens with one attached hydrogen (secondary N) is 1. The molecule has 0 aromatic heterocycles. The van der Waals surface area contributed by atoms with E-state index >= 15 is 0 Å². The van der Waals surface area contributed by atoms with Gasteiger partial charge in [-0.15, -0.1) is 0 Å². The van der Waals surface area contributed by atoms with Gasteiger partial charge >= 0.3 is 0 Å². The topological polar surface area (TPSA) is 30.5 Å². The molecule has 1 N–H and O–H groups in total. The Labute approximate surface area is 114 Å². The molecule has 0 saturated carbocycles. The molecule has 0 radical (unpaired) electrons. The summed E-state index contributed by atoms with van der Waals surface area (Å²) in [4.78, 5) is 0. The fraction of sp³-hybridized carbons (Fsp3) is 0.429. The zero-order valence-electron chi connectivity index (χ0n) is 11.3. The van der Waals surface area contributed by atoms with Gasteiger partial charge in [-0.1, -0.05) is 37.6 Å². The van der Waals surface area contributed by atoms with E-state index in [2.05, 4.69) is 19.2 Å². The van der Waals surface area contributed by atoms with E-state index < -0.39 is 0 Å². The molecule has 0 aliphatic heterocycles. The second kappa shape index (κ2) is 7.29. The molecule has 0 aliphatic rings. The Morgan fingerprint density at radius 1 is 1.28 bits per heavy atom. The molecule has 0 heterocycles. The zero-order valence-corrected chi connectivity index (χ0v) is 12.0. The molecule has 0 aliphatic carbocycles. The second-order valence-corrected chi connectivity index (χ2v) is 4.55. The van der Waals surface area contributed by atoms with Crippen molar-refractivity contribution in [1.29, 1.82) is 0 Å². The van der Waals surface area contributed by atoms with E-state index in [1.807, 2.05) is 24.3 Å². The van der Waals surface area contributed by atoms with Crippen LogP contribution in [0.1, 0.15) is 19.4 Å². The Balaban J connectivity index is 2.84. The molecule has 0 bridgehead atoms. The van der Waals surface area contributed by atoms with E-state index in [0.717, 1.165) is 12.1 Å². The standard InChI is InChI=1S/C14H20ClNO2/c1-10(2)16-9-5-6-11-7-8-12(17-3)14(18-4)13(11)15/h5-8,10,16H,9H2,1-4H3. The molecule has 18 heavy (non-hydrogen) atoms. The van der Waals surface area contributed by atoms with Gasteiger partial charge in [0.05, 0.1) is 19.2 Å². The molecule has 0 spiro atoms. The van der Waals surface area contributed by atoms with Crippen molar-refractivity contribution in [3.8, 4) is 11.5 Å². The number of halogens is 1. The van der Waals surface area contributed by atoms with Crippen molar-refractivity contribution < 1.29 is 9.47 Å². The molecule has 0 saturated heterocycles. The van der Waals surface area contributed by atoms with Crippen LogP contribution in [-0.2, 0) is 0 Å². The Morgan fingerprint density at radius 2 is 2.00 bits per heavy atom. The maximum absolute atomic E-state index is 6.26. The van der Waals surface area contributed by atoms with E-state index in [4.69, 9.17) is 21.1 Å². The number of methoxy groups -OCH3 is 2. The quantitative estimate of drug-likeness (QED) is 0.859. The van der Waals surface area contributed by atoms with Crippen LogP contribution in [-0.4, -0.2) is 26.8 Å². The van der Waals surface area contributed by atoms with Crippen molar-refractivity contribution in [3.63, 3.8) is 0 Å². The minimum absolute atomic E-state index is 0.468. The average Bonchev–Trinajstić information content (AvgIpc) is 2.35. The first-order valence-electron chi connectivity index (χ1n) is 5.90. The molecule has 0 fully saturated rings. The van der Waals surface area contributed by atoms with Crippen molar-refractivity contribution in [1.82, 2.24) is 5.32 Å². The van der Waals surface area contributed by atoms with Crippen LogP contribution in [0.3, 0.4) is 0 Å². The van der Waals surface area contributed by atoms with Gasteiger partial charge in [-0.05, 0) is 17.7 Å². The van der Waals surface area contributed by atoms with Gasteiger partial charge in [0, 0.05) is 12.6 Å². The summed E-state index contributed by atoms with van der Waals surface area (Å²) in [6.45, 7) is 5.02. The number of hydrogen-bond donors (Lipinski definition) is 1. The Bertz CT molecular complexity index is 417. The van der Waals surface area contributed by atoms with Crippen LogP contribution < -0.4 is 14.8 Å². The first-order valence-corrected chi connectivity index (χ1v) is 6.28. The molecule has 1 aromatic carbocycles.